The molecule has 2 aromatic rings. The summed E-state index contributed by atoms with van der Waals surface area (Å²) in [4.78, 5) is 14.4. The molecule has 0 spiro atoms. The van der Waals surface area contributed by atoms with Gasteiger partial charge in [0.15, 0.2) is 0 Å². The first-order valence-electron chi connectivity index (χ1n) is 8.20. The minimum atomic E-state index is -0.453. The lowest BCUT2D eigenvalue weighted by molar-refractivity contribution is -0.385. The van der Waals surface area contributed by atoms with E-state index >= 15 is 0 Å². The van der Waals surface area contributed by atoms with Crippen molar-refractivity contribution in [1.29, 1.82) is 0 Å². The average molecular weight is 343 g/mol. The molecule has 7 nitrogen and oxygen atoms in total. The zero-order valence-electron chi connectivity index (χ0n) is 14.1. The molecule has 0 unspecified atom stereocenters. The minimum Gasteiger partial charge on any atom is -0.496 e. The Morgan fingerprint density at radius 2 is 2.04 bits per heavy atom. The van der Waals surface area contributed by atoms with Crippen molar-refractivity contribution < 1.29 is 14.4 Å². The standard InChI is InChI=1S/C18H21N3O4/c1-24-16-5-3-2-4-15(16)18(8-10-25-11-9-18)13-20-17-7-6-14(12-19-17)21(22)23/h2-7,12H,8-11,13H2,1H3,(H,19,20). The van der Waals surface area contributed by atoms with E-state index in [0.717, 1.165) is 24.2 Å². The van der Waals surface area contributed by atoms with Crippen molar-refractivity contribution in [1.82, 2.24) is 4.98 Å². The second-order valence-electron chi connectivity index (χ2n) is 6.11. The largest absolute Gasteiger partial charge is 0.496 e. The van der Waals surface area contributed by atoms with Gasteiger partial charge < -0.3 is 14.8 Å². The van der Waals surface area contributed by atoms with Gasteiger partial charge in [-0.25, -0.2) is 4.98 Å². The van der Waals surface area contributed by atoms with Gasteiger partial charge in [0.1, 0.15) is 17.8 Å². The van der Waals surface area contributed by atoms with Crippen molar-refractivity contribution in [2.24, 2.45) is 0 Å². The van der Waals surface area contributed by atoms with E-state index in [2.05, 4.69) is 16.4 Å². The van der Waals surface area contributed by atoms with Crippen LogP contribution in [0.5, 0.6) is 5.75 Å². The van der Waals surface area contributed by atoms with Crippen molar-refractivity contribution in [3.63, 3.8) is 0 Å². The van der Waals surface area contributed by atoms with Gasteiger partial charge in [0.05, 0.1) is 12.0 Å². The zero-order chi connectivity index (χ0) is 17.7. The van der Waals surface area contributed by atoms with E-state index in [9.17, 15) is 10.1 Å². The SMILES string of the molecule is COc1ccccc1C1(CNc2ccc([N+](=O)[O-])cn2)CCOCC1. The van der Waals surface area contributed by atoms with Gasteiger partial charge in [0, 0.05) is 36.8 Å². The van der Waals surface area contributed by atoms with Crippen LogP contribution in [0, 0.1) is 10.1 Å². The van der Waals surface area contributed by atoms with Crippen LogP contribution in [-0.4, -0.2) is 36.8 Å². The van der Waals surface area contributed by atoms with Crippen molar-refractivity contribution >= 4 is 11.5 Å². The van der Waals surface area contributed by atoms with Crippen LogP contribution in [0.4, 0.5) is 11.5 Å². The maximum atomic E-state index is 10.7. The number of benzene rings is 1. The summed E-state index contributed by atoms with van der Waals surface area (Å²) in [5.74, 6) is 1.48. The van der Waals surface area contributed by atoms with E-state index in [1.165, 1.54) is 12.3 Å². The van der Waals surface area contributed by atoms with Crippen molar-refractivity contribution in [3.8, 4) is 5.75 Å². The maximum Gasteiger partial charge on any atom is 0.287 e. The number of nitrogens with one attached hydrogen (secondary N) is 1. The normalized spacial score (nSPS) is 16.2. The quantitative estimate of drug-likeness (QED) is 0.640. The summed E-state index contributed by atoms with van der Waals surface area (Å²) in [5.41, 5.74) is 1.00. The monoisotopic (exact) mass is 343 g/mol. The highest BCUT2D eigenvalue weighted by atomic mass is 16.6. The zero-order valence-corrected chi connectivity index (χ0v) is 14.1. The number of para-hydroxylation sites is 1. The van der Waals surface area contributed by atoms with Crippen LogP contribution >= 0.6 is 0 Å². The number of nitrogens with zero attached hydrogens (tertiary/aromatic N) is 2. The number of ether oxygens (including phenoxy) is 2. The van der Waals surface area contributed by atoms with E-state index in [-0.39, 0.29) is 11.1 Å². The molecule has 0 saturated carbocycles. The van der Waals surface area contributed by atoms with E-state index in [4.69, 9.17) is 9.47 Å². The lowest BCUT2D eigenvalue weighted by Gasteiger charge is -2.38. The topological polar surface area (TPSA) is 86.5 Å². The molecule has 0 aliphatic carbocycles. The van der Waals surface area contributed by atoms with Crippen molar-refractivity contribution in [2.45, 2.75) is 18.3 Å². The van der Waals surface area contributed by atoms with Gasteiger partial charge in [0.2, 0.25) is 0 Å². The number of methoxy groups -OCH3 is 1. The molecule has 0 radical (unpaired) electrons. The summed E-state index contributed by atoms with van der Waals surface area (Å²) in [6, 6.07) is 11.1. The Labute approximate surface area is 146 Å². The molecular weight excluding hydrogens is 322 g/mol. The summed E-state index contributed by atoms with van der Waals surface area (Å²) in [5, 5.41) is 14.1. The van der Waals surface area contributed by atoms with Crippen LogP contribution in [-0.2, 0) is 10.2 Å². The highest BCUT2D eigenvalue weighted by Crippen LogP contribution is 2.39. The van der Waals surface area contributed by atoms with E-state index in [0.29, 0.717) is 25.6 Å². The molecule has 25 heavy (non-hydrogen) atoms. The summed E-state index contributed by atoms with van der Waals surface area (Å²) in [7, 11) is 1.68. The van der Waals surface area contributed by atoms with Crippen molar-refractivity contribution in [3.05, 3.63) is 58.3 Å². The molecule has 1 N–H and O–H groups in total. The van der Waals surface area contributed by atoms with Crippen molar-refractivity contribution in [2.75, 3.05) is 32.2 Å². The van der Waals surface area contributed by atoms with Gasteiger partial charge in [-0.05, 0) is 25.0 Å². The van der Waals surface area contributed by atoms with Gasteiger partial charge in [-0.15, -0.1) is 0 Å². The third-order valence-electron chi connectivity index (χ3n) is 4.69. The van der Waals surface area contributed by atoms with Gasteiger partial charge in [0.25, 0.3) is 5.69 Å². The Morgan fingerprint density at radius 1 is 1.28 bits per heavy atom. The molecule has 1 aromatic carbocycles. The molecule has 1 aliphatic heterocycles. The van der Waals surface area contributed by atoms with Crippen LogP contribution in [0.1, 0.15) is 18.4 Å². The summed E-state index contributed by atoms with van der Waals surface area (Å²) in [6.45, 7) is 2.03. The van der Waals surface area contributed by atoms with Crippen LogP contribution in [0.15, 0.2) is 42.6 Å². The molecule has 0 bridgehead atoms. The predicted octanol–water partition coefficient (Wildman–Crippen LogP) is 3.16. The third-order valence-corrected chi connectivity index (χ3v) is 4.69. The molecule has 3 rings (SSSR count). The molecule has 0 amide bonds. The van der Waals surface area contributed by atoms with Gasteiger partial charge >= 0.3 is 0 Å². The lowest BCUT2D eigenvalue weighted by Crippen LogP contribution is -2.40. The first-order valence-corrected chi connectivity index (χ1v) is 8.20. The highest BCUT2D eigenvalue weighted by molar-refractivity contribution is 5.44. The Morgan fingerprint density at radius 3 is 2.68 bits per heavy atom. The Kier molecular flexibility index (Phi) is 5.14. The van der Waals surface area contributed by atoms with Gasteiger partial charge in [-0.3, -0.25) is 10.1 Å². The molecule has 1 fully saturated rings. The first-order chi connectivity index (χ1) is 12.1. The van der Waals surface area contributed by atoms with E-state index in [1.54, 1.807) is 13.2 Å². The van der Waals surface area contributed by atoms with Gasteiger partial charge in [-0.1, -0.05) is 18.2 Å². The molecule has 1 aliphatic rings. The fourth-order valence-electron chi connectivity index (χ4n) is 3.24. The van der Waals surface area contributed by atoms with Crippen LogP contribution < -0.4 is 10.1 Å². The molecule has 1 saturated heterocycles. The predicted molar refractivity (Wildman–Crippen MR) is 94.1 cm³/mol. The first kappa shape index (κ1) is 17.2. The summed E-state index contributed by atoms with van der Waals surface area (Å²) < 4.78 is 11.1. The Balaban J connectivity index is 1.82. The fraction of sp³-hybridized carbons (Fsp3) is 0.389. The lowest BCUT2D eigenvalue weighted by atomic mass is 9.73. The number of anilines is 1. The molecule has 1 aromatic heterocycles. The minimum absolute atomic E-state index is 0.0175. The van der Waals surface area contributed by atoms with Crippen LogP contribution in [0.25, 0.3) is 0 Å². The second kappa shape index (κ2) is 7.48. The number of nitro groups is 1. The van der Waals surface area contributed by atoms with Gasteiger partial charge in [-0.2, -0.15) is 0 Å². The number of aromatic nitrogens is 1. The second-order valence-corrected chi connectivity index (χ2v) is 6.11. The number of rotatable bonds is 6. The molecule has 2 heterocycles. The summed E-state index contributed by atoms with van der Waals surface area (Å²) in [6.07, 6.45) is 3.00. The molecule has 132 valence electrons. The van der Waals surface area contributed by atoms with Crippen LogP contribution in [0.2, 0.25) is 0 Å². The average Bonchev–Trinajstić information content (AvgIpc) is 2.67. The number of hydrogen-bond donors (Lipinski definition) is 1. The number of pyridine rings is 1. The highest BCUT2D eigenvalue weighted by Gasteiger charge is 2.36. The Bertz CT molecular complexity index is 727. The maximum absolute atomic E-state index is 10.7. The van der Waals surface area contributed by atoms with E-state index in [1.807, 2.05) is 18.2 Å². The van der Waals surface area contributed by atoms with Crippen LogP contribution in [0.3, 0.4) is 0 Å². The third kappa shape index (κ3) is 3.71. The summed E-state index contributed by atoms with van der Waals surface area (Å²) >= 11 is 0. The fourth-order valence-corrected chi connectivity index (χ4v) is 3.24. The molecule has 0 atom stereocenters. The molecular formula is C18H21N3O4. The molecule has 7 heteroatoms. The Hall–Kier alpha value is -2.67. The number of hydrogen-bond acceptors (Lipinski definition) is 6. The van der Waals surface area contributed by atoms with E-state index < -0.39 is 4.92 Å². The smallest absolute Gasteiger partial charge is 0.287 e.